The molecule has 0 aromatic heterocycles. The Kier molecular flexibility index (Phi) is 5.40. The number of sulfone groups is 1. The summed E-state index contributed by atoms with van der Waals surface area (Å²) in [5, 5.41) is 16.6. The minimum Gasteiger partial charge on any atom is -0.390 e. The molecule has 0 unspecified atom stereocenters. The lowest BCUT2D eigenvalue weighted by Crippen LogP contribution is -2.42. The van der Waals surface area contributed by atoms with E-state index in [2.05, 4.69) is 10.6 Å². The standard InChI is InChI=1S/C13H19ClN2O3S/c14-11-4-2-1-3-10(11)7-15-5-6-16-12-8-20(18,19)9-13(12)17/h1-4,12-13,15-17H,5-9H2/t12-,13+/m1/s1. The molecule has 0 spiro atoms. The molecule has 2 atom stereocenters. The van der Waals surface area contributed by atoms with Crippen molar-refractivity contribution in [2.75, 3.05) is 24.6 Å². The SMILES string of the molecule is O=S1(=O)C[C@H](O)[C@H](NCCNCc2ccccc2Cl)C1. The van der Waals surface area contributed by atoms with Crippen LogP contribution < -0.4 is 10.6 Å². The second-order valence-corrected chi connectivity index (χ2v) is 7.53. The van der Waals surface area contributed by atoms with E-state index < -0.39 is 15.9 Å². The average Bonchev–Trinajstić information content (AvgIpc) is 2.64. The zero-order chi connectivity index (χ0) is 14.6. The van der Waals surface area contributed by atoms with E-state index in [4.69, 9.17) is 11.6 Å². The molecule has 1 aromatic carbocycles. The van der Waals surface area contributed by atoms with Gasteiger partial charge in [0.2, 0.25) is 0 Å². The van der Waals surface area contributed by atoms with Crippen LogP contribution in [0.1, 0.15) is 5.56 Å². The quantitative estimate of drug-likeness (QED) is 0.652. The lowest BCUT2D eigenvalue weighted by atomic mass is 10.2. The van der Waals surface area contributed by atoms with Crippen molar-refractivity contribution in [3.05, 3.63) is 34.9 Å². The summed E-state index contributed by atoms with van der Waals surface area (Å²) in [6, 6.07) is 7.25. The van der Waals surface area contributed by atoms with Gasteiger partial charge >= 0.3 is 0 Å². The van der Waals surface area contributed by atoms with Crippen molar-refractivity contribution in [3.8, 4) is 0 Å². The van der Waals surface area contributed by atoms with Crippen LogP contribution in [0.25, 0.3) is 0 Å². The second-order valence-electron chi connectivity index (χ2n) is 4.97. The Morgan fingerprint density at radius 1 is 1.25 bits per heavy atom. The molecule has 1 fully saturated rings. The Bertz CT molecular complexity index is 550. The molecule has 1 aromatic rings. The van der Waals surface area contributed by atoms with Gasteiger partial charge in [0.15, 0.2) is 9.84 Å². The first-order chi connectivity index (χ1) is 9.48. The number of rotatable bonds is 6. The predicted octanol–water partition coefficient (Wildman–Crippen LogP) is 0.177. The summed E-state index contributed by atoms with van der Waals surface area (Å²) in [4.78, 5) is 0. The highest BCUT2D eigenvalue weighted by atomic mass is 35.5. The minimum atomic E-state index is -3.09. The Morgan fingerprint density at radius 3 is 2.65 bits per heavy atom. The van der Waals surface area contributed by atoms with Crippen molar-refractivity contribution < 1.29 is 13.5 Å². The Morgan fingerprint density at radius 2 is 2.00 bits per heavy atom. The maximum atomic E-state index is 11.3. The van der Waals surface area contributed by atoms with E-state index in [-0.39, 0.29) is 17.5 Å². The zero-order valence-corrected chi connectivity index (χ0v) is 12.6. The van der Waals surface area contributed by atoms with Gasteiger partial charge in [0.1, 0.15) is 0 Å². The molecule has 5 nitrogen and oxygen atoms in total. The number of aliphatic hydroxyl groups excluding tert-OH is 1. The fraction of sp³-hybridized carbons (Fsp3) is 0.538. The Balaban J connectivity index is 1.66. The molecule has 1 heterocycles. The summed E-state index contributed by atoms with van der Waals surface area (Å²) >= 11 is 6.04. The van der Waals surface area contributed by atoms with Gasteiger partial charge in [0.25, 0.3) is 0 Å². The molecule has 0 amide bonds. The van der Waals surface area contributed by atoms with Crippen molar-refractivity contribution in [3.63, 3.8) is 0 Å². The smallest absolute Gasteiger partial charge is 0.154 e. The van der Waals surface area contributed by atoms with Crippen LogP contribution in [0.3, 0.4) is 0 Å². The van der Waals surface area contributed by atoms with Gasteiger partial charge < -0.3 is 15.7 Å². The van der Waals surface area contributed by atoms with Crippen molar-refractivity contribution in [2.45, 2.75) is 18.7 Å². The predicted molar refractivity (Wildman–Crippen MR) is 79.6 cm³/mol. The highest BCUT2D eigenvalue weighted by Gasteiger charge is 2.35. The van der Waals surface area contributed by atoms with Gasteiger partial charge in [-0.05, 0) is 11.6 Å². The summed E-state index contributed by atoms with van der Waals surface area (Å²) in [7, 11) is -3.09. The molecular formula is C13H19ClN2O3S. The number of hydrogen-bond donors (Lipinski definition) is 3. The molecule has 1 saturated heterocycles. The fourth-order valence-corrected chi connectivity index (χ4v) is 4.21. The van der Waals surface area contributed by atoms with E-state index in [9.17, 15) is 13.5 Å². The van der Waals surface area contributed by atoms with Crippen molar-refractivity contribution in [1.29, 1.82) is 0 Å². The van der Waals surface area contributed by atoms with Gasteiger partial charge in [-0.2, -0.15) is 0 Å². The summed E-state index contributed by atoms with van der Waals surface area (Å²) < 4.78 is 22.7. The highest BCUT2D eigenvalue weighted by Crippen LogP contribution is 2.14. The van der Waals surface area contributed by atoms with Gasteiger partial charge in [0.05, 0.1) is 17.6 Å². The summed E-state index contributed by atoms with van der Waals surface area (Å²) in [6.07, 6.45) is -0.802. The van der Waals surface area contributed by atoms with Gasteiger partial charge in [0, 0.05) is 30.7 Å². The number of halogens is 1. The molecule has 112 valence electrons. The molecule has 0 bridgehead atoms. The van der Waals surface area contributed by atoms with Crippen LogP contribution in [0.2, 0.25) is 5.02 Å². The van der Waals surface area contributed by atoms with Crippen LogP contribution in [-0.2, 0) is 16.4 Å². The first-order valence-electron chi connectivity index (χ1n) is 6.54. The molecule has 0 radical (unpaired) electrons. The van der Waals surface area contributed by atoms with E-state index in [0.717, 1.165) is 10.6 Å². The van der Waals surface area contributed by atoms with Crippen LogP contribution in [0, 0.1) is 0 Å². The first kappa shape index (κ1) is 15.7. The van der Waals surface area contributed by atoms with Crippen LogP contribution in [0.5, 0.6) is 0 Å². The van der Waals surface area contributed by atoms with E-state index in [1.54, 1.807) is 0 Å². The first-order valence-corrected chi connectivity index (χ1v) is 8.74. The lowest BCUT2D eigenvalue weighted by Gasteiger charge is -2.15. The number of hydrogen-bond acceptors (Lipinski definition) is 5. The summed E-state index contributed by atoms with van der Waals surface area (Å²) in [5.74, 6) is -0.129. The van der Waals surface area contributed by atoms with E-state index >= 15 is 0 Å². The number of benzene rings is 1. The van der Waals surface area contributed by atoms with Crippen molar-refractivity contribution in [1.82, 2.24) is 10.6 Å². The molecule has 2 rings (SSSR count). The van der Waals surface area contributed by atoms with Crippen LogP contribution in [0.15, 0.2) is 24.3 Å². The topological polar surface area (TPSA) is 78.4 Å². The minimum absolute atomic E-state index is 0.0126. The normalized spacial score (nSPS) is 24.9. The molecule has 3 N–H and O–H groups in total. The highest BCUT2D eigenvalue weighted by molar-refractivity contribution is 7.91. The van der Waals surface area contributed by atoms with Crippen molar-refractivity contribution >= 4 is 21.4 Å². The Hall–Kier alpha value is -0.660. The third-order valence-electron chi connectivity index (χ3n) is 3.30. The molecule has 0 saturated carbocycles. The number of aliphatic hydroxyl groups is 1. The molecule has 1 aliphatic heterocycles. The third kappa shape index (κ3) is 4.43. The van der Waals surface area contributed by atoms with E-state index in [1.165, 1.54) is 0 Å². The molecule has 7 heteroatoms. The Labute approximate surface area is 124 Å². The monoisotopic (exact) mass is 318 g/mol. The summed E-state index contributed by atoms with van der Waals surface area (Å²) in [5.41, 5.74) is 1.03. The van der Waals surface area contributed by atoms with Gasteiger partial charge in [-0.25, -0.2) is 8.42 Å². The van der Waals surface area contributed by atoms with E-state index in [1.807, 2.05) is 24.3 Å². The van der Waals surface area contributed by atoms with Gasteiger partial charge in [-0.1, -0.05) is 29.8 Å². The maximum Gasteiger partial charge on any atom is 0.154 e. The molecule has 20 heavy (non-hydrogen) atoms. The van der Waals surface area contributed by atoms with Crippen LogP contribution in [0.4, 0.5) is 0 Å². The van der Waals surface area contributed by atoms with Crippen molar-refractivity contribution in [2.24, 2.45) is 0 Å². The fourth-order valence-electron chi connectivity index (χ4n) is 2.23. The average molecular weight is 319 g/mol. The lowest BCUT2D eigenvalue weighted by molar-refractivity contribution is 0.166. The third-order valence-corrected chi connectivity index (χ3v) is 5.39. The largest absolute Gasteiger partial charge is 0.390 e. The number of nitrogens with one attached hydrogen (secondary N) is 2. The maximum absolute atomic E-state index is 11.3. The van der Waals surface area contributed by atoms with Gasteiger partial charge in [-0.3, -0.25) is 0 Å². The van der Waals surface area contributed by atoms with Crippen LogP contribution in [-0.4, -0.2) is 50.3 Å². The molecular weight excluding hydrogens is 300 g/mol. The van der Waals surface area contributed by atoms with Gasteiger partial charge in [-0.15, -0.1) is 0 Å². The summed E-state index contributed by atoms with van der Waals surface area (Å²) in [6.45, 7) is 1.93. The molecule has 1 aliphatic rings. The van der Waals surface area contributed by atoms with Crippen LogP contribution >= 0.6 is 11.6 Å². The second kappa shape index (κ2) is 6.87. The van der Waals surface area contributed by atoms with E-state index in [0.29, 0.717) is 19.6 Å². The molecule has 0 aliphatic carbocycles. The zero-order valence-electron chi connectivity index (χ0n) is 11.0.